The predicted octanol–water partition coefficient (Wildman–Crippen LogP) is 3.58. The molecule has 0 saturated heterocycles. The van der Waals surface area contributed by atoms with E-state index in [4.69, 9.17) is 0 Å². The molecule has 0 unspecified atom stereocenters. The average Bonchev–Trinajstić information content (AvgIpc) is 2.73. The highest BCUT2D eigenvalue weighted by Crippen LogP contribution is 2.20. The van der Waals surface area contributed by atoms with Crippen LogP contribution < -0.4 is 16.0 Å². The molecular formula is C21H25N5O. The summed E-state index contributed by atoms with van der Waals surface area (Å²) in [5, 5.41) is 8.64. The van der Waals surface area contributed by atoms with E-state index in [1.165, 1.54) is 0 Å². The van der Waals surface area contributed by atoms with E-state index in [-0.39, 0.29) is 5.91 Å². The monoisotopic (exact) mass is 363 g/mol. The van der Waals surface area contributed by atoms with E-state index in [1.807, 2.05) is 57.4 Å². The zero-order valence-electron chi connectivity index (χ0n) is 16.1. The third-order valence-electron chi connectivity index (χ3n) is 3.86. The molecule has 1 amide bonds. The van der Waals surface area contributed by atoms with Gasteiger partial charge in [-0.05, 0) is 43.3 Å². The van der Waals surface area contributed by atoms with Crippen LogP contribution in [-0.4, -0.2) is 37.0 Å². The van der Waals surface area contributed by atoms with Gasteiger partial charge < -0.3 is 16.0 Å². The second-order valence-electron chi connectivity index (χ2n) is 5.73. The van der Waals surface area contributed by atoms with Crippen LogP contribution in [0.5, 0.6) is 0 Å². The Morgan fingerprint density at radius 2 is 1.56 bits per heavy atom. The van der Waals surface area contributed by atoms with Crippen LogP contribution in [0.4, 0.5) is 11.4 Å². The van der Waals surface area contributed by atoms with Crippen LogP contribution in [-0.2, 0) is 0 Å². The number of aromatic nitrogens is 2. The Bertz CT molecular complexity index is 895. The van der Waals surface area contributed by atoms with Crippen LogP contribution in [0.25, 0.3) is 11.3 Å². The van der Waals surface area contributed by atoms with Crippen molar-refractivity contribution in [2.24, 2.45) is 0 Å². The number of hydrogen-bond acceptors (Lipinski definition) is 5. The second-order valence-corrected chi connectivity index (χ2v) is 5.73. The molecule has 27 heavy (non-hydrogen) atoms. The number of nitrogens with one attached hydrogen (secondary N) is 3. The summed E-state index contributed by atoms with van der Waals surface area (Å²) in [6, 6.07) is 17.4. The van der Waals surface area contributed by atoms with Gasteiger partial charge in [-0.15, -0.1) is 0 Å². The molecule has 6 nitrogen and oxygen atoms in total. The SMILES string of the molecule is CNC(=O)c1cccc(NC)c1.CNc1cccc(-c2ccnc(C)n2)c1. The van der Waals surface area contributed by atoms with Gasteiger partial charge in [-0.3, -0.25) is 4.79 Å². The number of benzene rings is 2. The molecule has 0 radical (unpaired) electrons. The molecule has 0 atom stereocenters. The Labute approximate surface area is 160 Å². The van der Waals surface area contributed by atoms with Gasteiger partial charge in [0.1, 0.15) is 5.82 Å². The highest BCUT2D eigenvalue weighted by Gasteiger charge is 2.02. The second kappa shape index (κ2) is 9.91. The first-order valence-corrected chi connectivity index (χ1v) is 8.65. The number of carbonyl (C=O) groups excluding carboxylic acids is 1. The number of amides is 1. The minimum atomic E-state index is -0.0629. The van der Waals surface area contributed by atoms with E-state index in [0.717, 1.165) is 28.5 Å². The molecule has 0 aliphatic carbocycles. The molecule has 1 aromatic heterocycles. The molecule has 0 spiro atoms. The zero-order valence-corrected chi connectivity index (χ0v) is 16.1. The summed E-state index contributed by atoms with van der Waals surface area (Å²) in [4.78, 5) is 19.6. The summed E-state index contributed by atoms with van der Waals surface area (Å²) < 4.78 is 0. The minimum absolute atomic E-state index is 0.0629. The quantitative estimate of drug-likeness (QED) is 0.660. The van der Waals surface area contributed by atoms with Crippen LogP contribution in [0.1, 0.15) is 16.2 Å². The third-order valence-corrected chi connectivity index (χ3v) is 3.86. The molecule has 3 rings (SSSR count). The van der Waals surface area contributed by atoms with Gasteiger partial charge in [0.2, 0.25) is 0 Å². The smallest absolute Gasteiger partial charge is 0.251 e. The third kappa shape index (κ3) is 5.81. The van der Waals surface area contributed by atoms with E-state index in [9.17, 15) is 4.79 Å². The first-order valence-electron chi connectivity index (χ1n) is 8.65. The van der Waals surface area contributed by atoms with Crippen LogP contribution >= 0.6 is 0 Å². The summed E-state index contributed by atoms with van der Waals surface area (Å²) in [6.07, 6.45) is 1.78. The predicted molar refractivity (Wildman–Crippen MR) is 111 cm³/mol. The van der Waals surface area contributed by atoms with Crippen molar-refractivity contribution in [2.75, 3.05) is 31.8 Å². The highest BCUT2D eigenvalue weighted by molar-refractivity contribution is 5.94. The van der Waals surface area contributed by atoms with Gasteiger partial charge in [0.05, 0.1) is 5.69 Å². The first-order chi connectivity index (χ1) is 13.1. The standard InChI is InChI=1S/C12H13N3.C9H12N2O/c1-9-14-7-6-12(15-9)10-4-3-5-11(8-10)13-2;1-10-8-5-3-4-7(6-8)9(12)11-2/h3-8,13H,1-2H3;3-6,10H,1-2H3,(H,11,12). The topological polar surface area (TPSA) is 78.9 Å². The Morgan fingerprint density at radius 1 is 0.889 bits per heavy atom. The Morgan fingerprint density at radius 3 is 2.19 bits per heavy atom. The molecule has 3 N–H and O–H groups in total. The Hall–Kier alpha value is -3.41. The van der Waals surface area contributed by atoms with Gasteiger partial charge in [-0.1, -0.05) is 18.2 Å². The van der Waals surface area contributed by atoms with Gasteiger partial charge in [0.15, 0.2) is 0 Å². The number of hydrogen-bond donors (Lipinski definition) is 3. The first kappa shape index (κ1) is 19.9. The molecule has 6 heteroatoms. The molecule has 0 bridgehead atoms. The summed E-state index contributed by atoms with van der Waals surface area (Å²) in [5.74, 6) is 0.731. The fourth-order valence-corrected chi connectivity index (χ4v) is 2.41. The van der Waals surface area contributed by atoms with E-state index in [0.29, 0.717) is 5.56 Å². The van der Waals surface area contributed by atoms with Gasteiger partial charge in [-0.25, -0.2) is 9.97 Å². The number of aryl methyl sites for hydroxylation is 1. The molecule has 140 valence electrons. The van der Waals surface area contributed by atoms with Gasteiger partial charge in [0, 0.05) is 49.8 Å². The minimum Gasteiger partial charge on any atom is -0.388 e. The van der Waals surface area contributed by atoms with Crippen molar-refractivity contribution >= 4 is 17.3 Å². The molecule has 0 fully saturated rings. The van der Waals surface area contributed by atoms with Gasteiger partial charge in [-0.2, -0.15) is 0 Å². The lowest BCUT2D eigenvalue weighted by Crippen LogP contribution is -2.17. The Kier molecular flexibility index (Phi) is 7.31. The van der Waals surface area contributed by atoms with Crippen LogP contribution in [0, 0.1) is 6.92 Å². The van der Waals surface area contributed by atoms with Crippen LogP contribution in [0.15, 0.2) is 60.8 Å². The number of nitrogens with zero attached hydrogens (tertiary/aromatic N) is 2. The zero-order chi connectivity index (χ0) is 19.6. The molecule has 1 heterocycles. The van der Waals surface area contributed by atoms with E-state index in [2.05, 4.69) is 32.0 Å². The maximum atomic E-state index is 11.1. The summed E-state index contributed by atoms with van der Waals surface area (Å²) >= 11 is 0. The number of carbonyl (C=O) groups is 1. The van der Waals surface area contributed by atoms with E-state index in [1.54, 1.807) is 25.4 Å². The van der Waals surface area contributed by atoms with Crippen molar-refractivity contribution in [2.45, 2.75) is 6.92 Å². The summed E-state index contributed by atoms with van der Waals surface area (Å²) in [7, 11) is 5.35. The van der Waals surface area contributed by atoms with Gasteiger partial charge >= 0.3 is 0 Å². The number of rotatable bonds is 4. The lowest BCUT2D eigenvalue weighted by Gasteiger charge is -2.04. The Balaban J connectivity index is 0.000000199. The van der Waals surface area contributed by atoms with Crippen LogP contribution in [0.2, 0.25) is 0 Å². The van der Waals surface area contributed by atoms with Crippen molar-refractivity contribution in [1.29, 1.82) is 0 Å². The fourth-order valence-electron chi connectivity index (χ4n) is 2.41. The fraction of sp³-hybridized carbons (Fsp3) is 0.190. The van der Waals surface area contributed by atoms with Crippen molar-refractivity contribution < 1.29 is 4.79 Å². The molecule has 0 aliphatic rings. The maximum Gasteiger partial charge on any atom is 0.251 e. The summed E-state index contributed by atoms with van der Waals surface area (Å²) in [5.41, 5.74) is 4.76. The normalized spacial score (nSPS) is 9.63. The van der Waals surface area contributed by atoms with E-state index >= 15 is 0 Å². The number of anilines is 2. The molecule has 0 saturated carbocycles. The highest BCUT2D eigenvalue weighted by atomic mass is 16.1. The molecule has 2 aromatic carbocycles. The van der Waals surface area contributed by atoms with Crippen LogP contribution in [0.3, 0.4) is 0 Å². The summed E-state index contributed by atoms with van der Waals surface area (Å²) in [6.45, 7) is 1.89. The molecule has 0 aliphatic heterocycles. The van der Waals surface area contributed by atoms with Gasteiger partial charge in [0.25, 0.3) is 5.91 Å². The molecular weight excluding hydrogens is 338 g/mol. The largest absolute Gasteiger partial charge is 0.388 e. The maximum absolute atomic E-state index is 11.1. The lowest BCUT2D eigenvalue weighted by atomic mass is 10.1. The van der Waals surface area contributed by atoms with Crippen molar-refractivity contribution in [3.8, 4) is 11.3 Å². The lowest BCUT2D eigenvalue weighted by molar-refractivity contribution is 0.0963. The van der Waals surface area contributed by atoms with Crippen molar-refractivity contribution in [3.05, 3.63) is 72.2 Å². The van der Waals surface area contributed by atoms with Crippen molar-refractivity contribution in [1.82, 2.24) is 15.3 Å². The average molecular weight is 363 g/mol. The van der Waals surface area contributed by atoms with E-state index < -0.39 is 0 Å². The molecule has 3 aromatic rings. The van der Waals surface area contributed by atoms with Crippen molar-refractivity contribution in [3.63, 3.8) is 0 Å².